The third-order valence-electron chi connectivity index (χ3n) is 1.17. The van der Waals surface area contributed by atoms with Crippen molar-refractivity contribution < 1.29 is 14.7 Å². The van der Waals surface area contributed by atoms with Gasteiger partial charge in [-0.15, -0.1) is 11.8 Å². The summed E-state index contributed by atoms with van der Waals surface area (Å²) in [7, 11) is 0. The Hall–Kier alpha value is -0.770. The summed E-state index contributed by atoms with van der Waals surface area (Å²) in [6, 6.07) is 0. The standard InChI is InChI=1S/C6H6O3S/c1-3-2-4(7)5(10-3)6(8)9/h5H,1-2H2,(H,8,9). The molecule has 1 heterocycles. The lowest BCUT2D eigenvalue weighted by atomic mass is 10.2. The van der Waals surface area contributed by atoms with Crippen LogP contribution in [0.4, 0.5) is 0 Å². The minimum atomic E-state index is -1.06. The predicted molar refractivity (Wildman–Crippen MR) is 37.8 cm³/mol. The first-order valence-electron chi connectivity index (χ1n) is 2.71. The molecule has 1 atom stereocenters. The molecule has 0 aliphatic carbocycles. The van der Waals surface area contributed by atoms with Gasteiger partial charge >= 0.3 is 5.97 Å². The Morgan fingerprint density at radius 3 is 2.60 bits per heavy atom. The second-order valence-corrected chi connectivity index (χ2v) is 3.30. The molecule has 0 spiro atoms. The monoisotopic (exact) mass is 158 g/mol. The van der Waals surface area contributed by atoms with Gasteiger partial charge in [0.1, 0.15) is 0 Å². The third kappa shape index (κ3) is 1.21. The van der Waals surface area contributed by atoms with Gasteiger partial charge in [-0.1, -0.05) is 6.58 Å². The number of aliphatic carboxylic acids is 1. The highest BCUT2D eigenvalue weighted by atomic mass is 32.2. The number of carbonyl (C=O) groups is 2. The summed E-state index contributed by atoms with van der Waals surface area (Å²) in [6.45, 7) is 3.52. The van der Waals surface area contributed by atoms with Gasteiger partial charge in [-0.25, -0.2) is 0 Å². The maximum absolute atomic E-state index is 10.8. The zero-order valence-electron chi connectivity index (χ0n) is 5.16. The Bertz CT molecular complexity index is 209. The molecule has 0 amide bonds. The highest BCUT2D eigenvalue weighted by molar-refractivity contribution is 8.05. The predicted octanol–water partition coefficient (Wildman–Crippen LogP) is 0.659. The number of carbonyl (C=O) groups excluding carboxylic acids is 1. The molecular formula is C6H6O3S. The van der Waals surface area contributed by atoms with Gasteiger partial charge in [-0.2, -0.15) is 0 Å². The SMILES string of the molecule is C=C1CC(=O)C(C(=O)O)S1. The van der Waals surface area contributed by atoms with Gasteiger partial charge in [-0.05, 0) is 4.91 Å². The molecule has 1 N–H and O–H groups in total. The van der Waals surface area contributed by atoms with Gasteiger partial charge in [0, 0.05) is 6.42 Å². The van der Waals surface area contributed by atoms with Crippen LogP contribution in [0.1, 0.15) is 6.42 Å². The number of thioether (sulfide) groups is 1. The number of carboxylic acids is 1. The molecule has 54 valence electrons. The maximum Gasteiger partial charge on any atom is 0.324 e. The van der Waals surface area contributed by atoms with Crippen molar-refractivity contribution in [1.29, 1.82) is 0 Å². The molecule has 3 nitrogen and oxygen atoms in total. The van der Waals surface area contributed by atoms with Crippen LogP contribution in [-0.4, -0.2) is 22.1 Å². The van der Waals surface area contributed by atoms with Crippen LogP contribution in [0.15, 0.2) is 11.5 Å². The normalized spacial score (nSPS) is 25.4. The Labute approximate surface area is 62.1 Å². The first kappa shape index (κ1) is 7.34. The molecule has 0 aromatic rings. The molecule has 0 aromatic carbocycles. The minimum Gasteiger partial charge on any atom is -0.480 e. The van der Waals surface area contributed by atoms with Crippen molar-refractivity contribution in [3.63, 3.8) is 0 Å². The van der Waals surface area contributed by atoms with E-state index in [1.54, 1.807) is 0 Å². The number of Topliss-reactive ketones (excluding diaryl/α,β-unsaturated/α-hetero) is 1. The number of allylic oxidation sites excluding steroid dienone is 1. The van der Waals surface area contributed by atoms with Crippen molar-refractivity contribution in [2.24, 2.45) is 0 Å². The second-order valence-electron chi connectivity index (χ2n) is 2.02. The van der Waals surface area contributed by atoms with E-state index in [1.165, 1.54) is 0 Å². The van der Waals surface area contributed by atoms with E-state index < -0.39 is 11.2 Å². The van der Waals surface area contributed by atoms with E-state index in [-0.39, 0.29) is 12.2 Å². The molecule has 1 fully saturated rings. The van der Waals surface area contributed by atoms with E-state index in [2.05, 4.69) is 6.58 Å². The number of ketones is 1. The summed E-state index contributed by atoms with van der Waals surface area (Å²) in [6.07, 6.45) is 0.210. The summed E-state index contributed by atoms with van der Waals surface area (Å²) in [4.78, 5) is 21.7. The van der Waals surface area contributed by atoms with Crippen molar-refractivity contribution in [3.8, 4) is 0 Å². The van der Waals surface area contributed by atoms with Crippen molar-refractivity contribution in [1.82, 2.24) is 0 Å². The van der Waals surface area contributed by atoms with Crippen molar-refractivity contribution in [2.75, 3.05) is 0 Å². The van der Waals surface area contributed by atoms with Crippen molar-refractivity contribution in [3.05, 3.63) is 11.5 Å². The maximum atomic E-state index is 10.8. The zero-order valence-corrected chi connectivity index (χ0v) is 5.98. The van der Waals surface area contributed by atoms with Gasteiger partial charge in [-0.3, -0.25) is 9.59 Å². The summed E-state index contributed by atoms with van der Waals surface area (Å²) in [5.74, 6) is -1.31. The largest absolute Gasteiger partial charge is 0.480 e. The summed E-state index contributed by atoms with van der Waals surface area (Å²) in [5, 5.41) is 7.52. The molecule has 1 rings (SSSR count). The number of carboxylic acid groups (broad SMARTS) is 1. The molecule has 0 radical (unpaired) electrons. The molecule has 4 heteroatoms. The fraction of sp³-hybridized carbons (Fsp3) is 0.333. The van der Waals surface area contributed by atoms with E-state index in [1.807, 2.05) is 0 Å². The molecular weight excluding hydrogens is 152 g/mol. The summed E-state index contributed by atoms with van der Waals surface area (Å²) >= 11 is 1.04. The minimum absolute atomic E-state index is 0.210. The molecule has 1 aliphatic rings. The quantitative estimate of drug-likeness (QED) is 0.569. The van der Waals surface area contributed by atoms with Crippen molar-refractivity contribution in [2.45, 2.75) is 11.7 Å². The molecule has 1 aliphatic heterocycles. The van der Waals surface area contributed by atoms with Crippen molar-refractivity contribution >= 4 is 23.5 Å². The van der Waals surface area contributed by atoms with E-state index in [9.17, 15) is 9.59 Å². The average Bonchev–Trinajstić information content (AvgIpc) is 2.10. The number of hydrogen-bond acceptors (Lipinski definition) is 3. The Morgan fingerprint density at radius 1 is 1.80 bits per heavy atom. The number of hydrogen-bond donors (Lipinski definition) is 1. The smallest absolute Gasteiger partial charge is 0.324 e. The Balaban J connectivity index is 2.72. The fourth-order valence-corrected chi connectivity index (χ4v) is 1.62. The molecule has 1 saturated heterocycles. The second kappa shape index (κ2) is 2.46. The zero-order chi connectivity index (χ0) is 7.72. The average molecular weight is 158 g/mol. The van der Waals surface area contributed by atoms with E-state index in [0.717, 1.165) is 11.8 Å². The van der Waals surface area contributed by atoms with Crippen LogP contribution in [0.2, 0.25) is 0 Å². The fourth-order valence-electron chi connectivity index (χ4n) is 0.749. The van der Waals surface area contributed by atoms with Crippen LogP contribution >= 0.6 is 11.8 Å². The van der Waals surface area contributed by atoms with Gasteiger partial charge in [0.15, 0.2) is 11.0 Å². The molecule has 0 aromatic heterocycles. The Morgan fingerprint density at radius 2 is 2.40 bits per heavy atom. The van der Waals surface area contributed by atoms with E-state index in [4.69, 9.17) is 5.11 Å². The lowest BCUT2D eigenvalue weighted by Crippen LogP contribution is -2.21. The van der Waals surface area contributed by atoms with Crippen LogP contribution < -0.4 is 0 Å². The van der Waals surface area contributed by atoms with Crippen LogP contribution in [-0.2, 0) is 9.59 Å². The highest BCUT2D eigenvalue weighted by Gasteiger charge is 2.33. The summed E-state index contributed by atoms with van der Waals surface area (Å²) in [5.41, 5.74) is 0. The van der Waals surface area contributed by atoms with Crippen LogP contribution in [0.25, 0.3) is 0 Å². The molecule has 0 bridgehead atoms. The summed E-state index contributed by atoms with van der Waals surface area (Å²) < 4.78 is 0. The topological polar surface area (TPSA) is 54.4 Å². The first-order chi connectivity index (χ1) is 4.61. The van der Waals surface area contributed by atoms with E-state index in [0.29, 0.717) is 4.91 Å². The van der Waals surface area contributed by atoms with E-state index >= 15 is 0 Å². The highest BCUT2D eigenvalue weighted by Crippen LogP contribution is 2.32. The van der Waals surface area contributed by atoms with Crippen LogP contribution in [0.3, 0.4) is 0 Å². The van der Waals surface area contributed by atoms with Crippen LogP contribution in [0, 0.1) is 0 Å². The first-order valence-corrected chi connectivity index (χ1v) is 3.59. The van der Waals surface area contributed by atoms with Gasteiger partial charge in [0.25, 0.3) is 0 Å². The molecule has 1 unspecified atom stereocenters. The Kier molecular flexibility index (Phi) is 1.80. The van der Waals surface area contributed by atoms with Gasteiger partial charge in [0.2, 0.25) is 0 Å². The van der Waals surface area contributed by atoms with Gasteiger partial charge < -0.3 is 5.11 Å². The third-order valence-corrected chi connectivity index (χ3v) is 2.35. The number of rotatable bonds is 1. The molecule has 0 saturated carbocycles. The lowest BCUT2D eigenvalue weighted by molar-refractivity contribution is -0.139. The molecule has 10 heavy (non-hydrogen) atoms. The van der Waals surface area contributed by atoms with Gasteiger partial charge in [0.05, 0.1) is 0 Å². The van der Waals surface area contributed by atoms with Crippen LogP contribution in [0.5, 0.6) is 0 Å². The lowest BCUT2D eigenvalue weighted by Gasteiger charge is -1.96.